The van der Waals surface area contributed by atoms with Gasteiger partial charge in [-0.25, -0.2) is 0 Å². The van der Waals surface area contributed by atoms with Gasteiger partial charge in [0.25, 0.3) is 0 Å². The van der Waals surface area contributed by atoms with Crippen LogP contribution in [0.15, 0.2) is 48.5 Å². The van der Waals surface area contributed by atoms with E-state index in [0.717, 1.165) is 27.7 Å². The largest absolute Gasteiger partial charge is 0.329 e. The average Bonchev–Trinajstić information content (AvgIpc) is 2.44. The summed E-state index contributed by atoms with van der Waals surface area (Å²) >= 11 is 12.5. The van der Waals surface area contributed by atoms with Crippen LogP contribution < -0.4 is 5.73 Å². The number of hydrogen-bond acceptors (Lipinski definition) is 2. The van der Waals surface area contributed by atoms with Crippen LogP contribution in [-0.4, -0.2) is 18.5 Å². The second-order valence-corrected chi connectivity index (χ2v) is 5.59. The predicted molar refractivity (Wildman–Crippen MR) is 86.2 cm³/mol. The molecule has 0 aliphatic carbocycles. The minimum absolute atomic E-state index is 0.0694. The van der Waals surface area contributed by atoms with E-state index < -0.39 is 0 Å². The van der Waals surface area contributed by atoms with Gasteiger partial charge >= 0.3 is 0 Å². The van der Waals surface area contributed by atoms with E-state index in [4.69, 9.17) is 28.9 Å². The van der Waals surface area contributed by atoms with E-state index in [2.05, 4.69) is 4.90 Å². The first-order valence-corrected chi connectivity index (χ1v) is 7.27. The summed E-state index contributed by atoms with van der Waals surface area (Å²) in [5.41, 5.74) is 8.07. The summed E-state index contributed by atoms with van der Waals surface area (Å²) in [5, 5.41) is 1.52. The average molecular weight is 309 g/mol. The molecule has 20 heavy (non-hydrogen) atoms. The Morgan fingerprint density at radius 2 is 1.60 bits per heavy atom. The van der Waals surface area contributed by atoms with Crippen LogP contribution in [0.3, 0.4) is 0 Å². The third kappa shape index (κ3) is 3.53. The minimum Gasteiger partial charge on any atom is -0.329 e. The van der Waals surface area contributed by atoms with Gasteiger partial charge in [-0.15, -0.1) is 0 Å². The number of benzene rings is 2. The second kappa shape index (κ2) is 7.09. The van der Waals surface area contributed by atoms with Gasteiger partial charge in [-0.2, -0.15) is 0 Å². The van der Waals surface area contributed by atoms with Crippen LogP contribution in [0, 0.1) is 0 Å². The minimum atomic E-state index is 0.0694. The highest BCUT2D eigenvalue weighted by molar-refractivity contribution is 6.31. The number of halogens is 2. The lowest BCUT2D eigenvalue weighted by molar-refractivity contribution is 0.242. The Morgan fingerprint density at radius 1 is 1.00 bits per heavy atom. The van der Waals surface area contributed by atoms with Gasteiger partial charge < -0.3 is 5.73 Å². The van der Waals surface area contributed by atoms with Gasteiger partial charge in [0, 0.05) is 29.2 Å². The molecule has 2 nitrogen and oxygen atoms in total. The second-order valence-electron chi connectivity index (χ2n) is 4.78. The Bertz CT molecular complexity index is 572. The van der Waals surface area contributed by atoms with Crippen molar-refractivity contribution < 1.29 is 0 Å². The molecule has 2 aromatic carbocycles. The Kier molecular flexibility index (Phi) is 5.44. The molecule has 0 heterocycles. The zero-order chi connectivity index (χ0) is 14.5. The van der Waals surface area contributed by atoms with Crippen LogP contribution in [0.2, 0.25) is 10.0 Å². The molecule has 0 aliphatic heterocycles. The van der Waals surface area contributed by atoms with E-state index in [1.165, 1.54) is 0 Å². The van der Waals surface area contributed by atoms with Crippen molar-refractivity contribution in [2.24, 2.45) is 5.73 Å². The molecule has 2 rings (SSSR count). The first-order chi connectivity index (χ1) is 9.63. The predicted octanol–water partition coefficient (Wildman–Crippen LogP) is 4.13. The van der Waals surface area contributed by atoms with Gasteiger partial charge in [0.15, 0.2) is 0 Å². The molecule has 2 N–H and O–H groups in total. The van der Waals surface area contributed by atoms with Crippen LogP contribution in [-0.2, 0) is 6.54 Å². The Morgan fingerprint density at radius 3 is 2.20 bits per heavy atom. The monoisotopic (exact) mass is 308 g/mol. The molecular formula is C16H18Cl2N2. The molecule has 0 fully saturated rings. The van der Waals surface area contributed by atoms with Crippen molar-refractivity contribution in [2.45, 2.75) is 12.6 Å². The molecule has 0 aliphatic rings. The fourth-order valence-electron chi connectivity index (χ4n) is 2.30. The molecule has 2 aromatic rings. The highest BCUT2D eigenvalue weighted by atomic mass is 35.5. The normalized spacial score (nSPS) is 12.7. The molecule has 0 bridgehead atoms. The molecule has 4 heteroatoms. The molecule has 0 saturated carbocycles. The topological polar surface area (TPSA) is 29.3 Å². The van der Waals surface area contributed by atoms with E-state index in [1.54, 1.807) is 0 Å². The van der Waals surface area contributed by atoms with E-state index in [-0.39, 0.29) is 6.04 Å². The molecule has 0 saturated heterocycles. The molecule has 1 unspecified atom stereocenters. The lowest BCUT2D eigenvalue weighted by atomic mass is 10.0. The quantitative estimate of drug-likeness (QED) is 0.900. The van der Waals surface area contributed by atoms with Crippen molar-refractivity contribution >= 4 is 23.2 Å². The summed E-state index contributed by atoms with van der Waals surface area (Å²) in [6.07, 6.45) is 0. The summed E-state index contributed by atoms with van der Waals surface area (Å²) in [4.78, 5) is 2.17. The summed E-state index contributed by atoms with van der Waals surface area (Å²) in [5.74, 6) is 0. The number of nitrogens with two attached hydrogens (primary N) is 1. The van der Waals surface area contributed by atoms with Gasteiger partial charge in [0.1, 0.15) is 0 Å². The standard InChI is InChI=1S/C16H18Cl2N2/c1-20(11-12-6-2-4-8-14(12)17)16(10-19)13-7-3-5-9-15(13)18/h2-9,16H,10-11,19H2,1H3. The van der Waals surface area contributed by atoms with Gasteiger partial charge in [0.05, 0.1) is 0 Å². The first-order valence-electron chi connectivity index (χ1n) is 6.51. The van der Waals surface area contributed by atoms with Crippen LogP contribution in [0.1, 0.15) is 17.2 Å². The SMILES string of the molecule is CN(Cc1ccccc1Cl)C(CN)c1ccccc1Cl. The fraction of sp³-hybridized carbons (Fsp3) is 0.250. The summed E-state index contributed by atoms with van der Waals surface area (Å²) in [6.45, 7) is 1.23. The Hall–Kier alpha value is -1.06. The smallest absolute Gasteiger partial charge is 0.0485 e. The number of likely N-dealkylation sites (N-methyl/N-ethyl adjacent to an activating group) is 1. The fourth-order valence-corrected chi connectivity index (χ4v) is 2.75. The maximum absolute atomic E-state index is 6.27. The first kappa shape index (κ1) is 15.3. The van der Waals surface area contributed by atoms with E-state index in [9.17, 15) is 0 Å². The van der Waals surface area contributed by atoms with Crippen LogP contribution >= 0.6 is 23.2 Å². The maximum Gasteiger partial charge on any atom is 0.0485 e. The van der Waals surface area contributed by atoms with Crippen molar-refractivity contribution in [3.05, 3.63) is 69.7 Å². The van der Waals surface area contributed by atoms with Gasteiger partial charge in [-0.3, -0.25) is 4.90 Å². The third-order valence-corrected chi connectivity index (χ3v) is 4.11. The molecule has 106 valence electrons. The molecular weight excluding hydrogens is 291 g/mol. The van der Waals surface area contributed by atoms with Crippen molar-refractivity contribution in [2.75, 3.05) is 13.6 Å². The molecule has 0 amide bonds. The van der Waals surface area contributed by atoms with Gasteiger partial charge in [-0.1, -0.05) is 59.6 Å². The van der Waals surface area contributed by atoms with E-state index >= 15 is 0 Å². The lowest BCUT2D eigenvalue weighted by Gasteiger charge is -2.28. The molecule has 0 aromatic heterocycles. The van der Waals surface area contributed by atoms with Gasteiger partial charge in [-0.05, 0) is 30.3 Å². The zero-order valence-corrected chi connectivity index (χ0v) is 12.9. The van der Waals surface area contributed by atoms with Crippen LogP contribution in [0.4, 0.5) is 0 Å². The highest BCUT2D eigenvalue weighted by Crippen LogP contribution is 2.28. The summed E-state index contributed by atoms with van der Waals surface area (Å²) in [7, 11) is 2.03. The third-order valence-electron chi connectivity index (χ3n) is 3.40. The maximum atomic E-state index is 6.27. The van der Waals surface area contributed by atoms with E-state index in [0.29, 0.717) is 6.54 Å². The molecule has 0 spiro atoms. The molecule has 0 radical (unpaired) electrons. The number of rotatable bonds is 5. The van der Waals surface area contributed by atoms with Crippen molar-refractivity contribution in [1.29, 1.82) is 0 Å². The number of nitrogens with zero attached hydrogens (tertiary/aromatic N) is 1. The Labute approximate surface area is 130 Å². The summed E-state index contributed by atoms with van der Waals surface area (Å²) in [6, 6.07) is 15.7. The van der Waals surface area contributed by atoms with E-state index in [1.807, 2.05) is 55.6 Å². The highest BCUT2D eigenvalue weighted by Gasteiger charge is 2.18. The lowest BCUT2D eigenvalue weighted by Crippen LogP contribution is -2.30. The van der Waals surface area contributed by atoms with Crippen LogP contribution in [0.25, 0.3) is 0 Å². The van der Waals surface area contributed by atoms with Crippen molar-refractivity contribution in [3.63, 3.8) is 0 Å². The van der Waals surface area contributed by atoms with Gasteiger partial charge in [0.2, 0.25) is 0 Å². The van der Waals surface area contributed by atoms with Crippen molar-refractivity contribution in [3.8, 4) is 0 Å². The zero-order valence-electron chi connectivity index (χ0n) is 11.4. The summed E-state index contributed by atoms with van der Waals surface area (Å²) < 4.78 is 0. The number of hydrogen-bond donors (Lipinski definition) is 1. The van der Waals surface area contributed by atoms with Crippen molar-refractivity contribution in [1.82, 2.24) is 4.90 Å². The Balaban J connectivity index is 2.20. The molecule has 1 atom stereocenters. The van der Waals surface area contributed by atoms with Crippen LogP contribution in [0.5, 0.6) is 0 Å².